The fraction of sp³-hybridized carbons (Fsp3) is 0.326. The van der Waals surface area contributed by atoms with E-state index in [9.17, 15) is 32.7 Å². The van der Waals surface area contributed by atoms with Crippen molar-refractivity contribution in [2.75, 3.05) is 48.6 Å². The zero-order valence-electron chi connectivity index (χ0n) is 31.8. The van der Waals surface area contributed by atoms with Gasteiger partial charge in [0.2, 0.25) is 11.8 Å². The van der Waals surface area contributed by atoms with E-state index in [4.69, 9.17) is 32.7 Å². The van der Waals surface area contributed by atoms with Gasteiger partial charge in [-0.15, -0.1) is 0 Å². The summed E-state index contributed by atoms with van der Waals surface area (Å²) < 4.78 is 51.4. The normalized spacial score (nSPS) is 26.5. The number of carbonyl (C=O) groups excluding carboxylic acids is 4. The van der Waals surface area contributed by atoms with Crippen molar-refractivity contribution in [2.45, 2.75) is 30.4 Å². The second kappa shape index (κ2) is 14.8. The molecule has 4 heterocycles. The Bertz CT molecular complexity index is 2460. The molecule has 3 aliphatic heterocycles. The van der Waals surface area contributed by atoms with Gasteiger partial charge in [-0.3, -0.25) is 29.5 Å². The maximum atomic E-state index is 15.4. The third-order valence-electron chi connectivity index (χ3n) is 12.6. The van der Waals surface area contributed by atoms with Gasteiger partial charge in [-0.05, 0) is 84.5 Å². The molecule has 9 rings (SSSR count). The highest BCUT2D eigenvalue weighted by Crippen LogP contribution is 2.64. The van der Waals surface area contributed by atoms with Crippen LogP contribution >= 0.6 is 23.2 Å². The summed E-state index contributed by atoms with van der Waals surface area (Å²) in [4.78, 5) is 66.5. The SMILES string of the molecule is COc1ccc([C@H]2C3=CC[C@@H]4C(=O)N(c5ccc(N6CCOCC6)cc5)C(=O)[C@@H]4[C@@H]3C[C@H]3C(=O)N(Nc4ncc(C(F)(F)F)cc4Cl)C(=O)[C@@]23c2ccc(Cl)cc2)cc1O. The van der Waals surface area contributed by atoms with E-state index < -0.39 is 69.5 Å². The van der Waals surface area contributed by atoms with E-state index in [0.29, 0.717) is 66.0 Å². The van der Waals surface area contributed by atoms with Crippen LogP contribution in [0.2, 0.25) is 10.0 Å². The van der Waals surface area contributed by atoms with Gasteiger partial charge < -0.3 is 19.5 Å². The zero-order valence-corrected chi connectivity index (χ0v) is 33.3. The molecule has 2 aliphatic carbocycles. The molecule has 310 valence electrons. The lowest BCUT2D eigenvalue weighted by Gasteiger charge is -2.50. The molecule has 3 aromatic carbocycles. The smallest absolute Gasteiger partial charge is 0.417 e. The molecule has 2 N–H and O–H groups in total. The van der Waals surface area contributed by atoms with Crippen molar-refractivity contribution in [1.82, 2.24) is 9.99 Å². The average molecular weight is 863 g/mol. The van der Waals surface area contributed by atoms with Crippen LogP contribution in [0.5, 0.6) is 11.5 Å². The molecule has 6 atom stereocenters. The van der Waals surface area contributed by atoms with Gasteiger partial charge in [0.1, 0.15) is 0 Å². The second-order valence-electron chi connectivity index (χ2n) is 15.5. The lowest BCUT2D eigenvalue weighted by Crippen LogP contribution is -2.53. The summed E-state index contributed by atoms with van der Waals surface area (Å²) in [5.74, 6) is -7.50. The van der Waals surface area contributed by atoms with Crippen LogP contribution in [-0.2, 0) is 35.5 Å². The number of fused-ring (bicyclic) bond motifs is 4. The molecule has 4 fully saturated rings. The Morgan fingerprint density at radius 1 is 0.900 bits per heavy atom. The monoisotopic (exact) mass is 861 g/mol. The van der Waals surface area contributed by atoms with Crippen molar-refractivity contribution in [3.05, 3.63) is 117 Å². The number of ether oxygens (including phenoxy) is 2. The molecule has 0 unspecified atom stereocenters. The van der Waals surface area contributed by atoms with Crippen molar-refractivity contribution < 1.29 is 46.9 Å². The predicted octanol–water partition coefficient (Wildman–Crippen LogP) is 7.15. The van der Waals surface area contributed by atoms with Gasteiger partial charge in [0.25, 0.3) is 11.8 Å². The number of aromatic nitrogens is 1. The third kappa shape index (κ3) is 6.19. The minimum absolute atomic E-state index is 0.0615. The van der Waals surface area contributed by atoms with E-state index in [1.807, 2.05) is 18.2 Å². The van der Waals surface area contributed by atoms with Crippen molar-refractivity contribution in [3.63, 3.8) is 0 Å². The van der Waals surface area contributed by atoms with Crippen LogP contribution in [0, 0.1) is 23.7 Å². The van der Waals surface area contributed by atoms with Crippen molar-refractivity contribution in [2.24, 2.45) is 23.7 Å². The number of allylic oxidation sites excluding steroid dienone is 2. The first kappa shape index (κ1) is 39.8. The molecule has 4 amide bonds. The number of hydrazine groups is 1. The number of phenolic OH excluding ortho intramolecular Hbond substituents is 1. The number of rotatable bonds is 7. The number of methoxy groups -OCH3 is 1. The first-order valence-electron chi connectivity index (χ1n) is 19.2. The average Bonchev–Trinajstić information content (AvgIpc) is 3.62. The van der Waals surface area contributed by atoms with Gasteiger partial charge in [0.15, 0.2) is 17.3 Å². The number of halogens is 5. The number of alkyl halides is 3. The molecular formula is C43H36Cl2F3N5O7. The molecule has 1 saturated carbocycles. The molecular weight excluding hydrogens is 826 g/mol. The summed E-state index contributed by atoms with van der Waals surface area (Å²) in [7, 11) is 1.38. The van der Waals surface area contributed by atoms with Gasteiger partial charge in [-0.1, -0.05) is 53.1 Å². The van der Waals surface area contributed by atoms with E-state index in [-0.39, 0.29) is 36.1 Å². The molecule has 4 aromatic rings. The molecule has 0 spiro atoms. The number of hydrogen-bond acceptors (Lipinski definition) is 10. The van der Waals surface area contributed by atoms with Gasteiger partial charge in [0.05, 0.1) is 59.8 Å². The fourth-order valence-electron chi connectivity index (χ4n) is 9.93. The molecule has 60 heavy (non-hydrogen) atoms. The summed E-state index contributed by atoms with van der Waals surface area (Å²) in [6.07, 6.45) is -2.27. The van der Waals surface area contributed by atoms with Crippen LogP contribution in [-0.4, -0.2) is 72.1 Å². The Kier molecular flexibility index (Phi) is 9.83. The molecule has 12 nitrogen and oxygen atoms in total. The zero-order chi connectivity index (χ0) is 42.2. The van der Waals surface area contributed by atoms with Gasteiger partial charge >= 0.3 is 6.18 Å². The Morgan fingerprint density at radius 3 is 2.25 bits per heavy atom. The summed E-state index contributed by atoms with van der Waals surface area (Å²) in [6, 6.07) is 18.9. The van der Waals surface area contributed by atoms with Gasteiger partial charge in [0, 0.05) is 35.9 Å². The van der Waals surface area contributed by atoms with Crippen LogP contribution < -0.4 is 20.0 Å². The highest BCUT2D eigenvalue weighted by molar-refractivity contribution is 6.33. The van der Waals surface area contributed by atoms with Crippen molar-refractivity contribution in [1.29, 1.82) is 0 Å². The van der Waals surface area contributed by atoms with Crippen LogP contribution in [0.25, 0.3) is 0 Å². The van der Waals surface area contributed by atoms with E-state index in [1.165, 1.54) is 24.1 Å². The number of nitrogens with zero attached hydrogens (tertiary/aromatic N) is 4. The lowest BCUT2D eigenvalue weighted by molar-refractivity contribution is -0.139. The fourth-order valence-corrected chi connectivity index (χ4v) is 10.3. The third-order valence-corrected chi connectivity index (χ3v) is 13.1. The number of amides is 4. The molecule has 5 aliphatic rings. The number of morpholine rings is 1. The van der Waals surface area contributed by atoms with Crippen LogP contribution in [0.15, 0.2) is 90.6 Å². The molecule has 0 radical (unpaired) electrons. The number of anilines is 3. The minimum atomic E-state index is -4.76. The maximum Gasteiger partial charge on any atom is 0.417 e. The summed E-state index contributed by atoms with van der Waals surface area (Å²) in [5, 5.41) is 11.7. The number of aromatic hydroxyl groups is 1. The molecule has 17 heteroatoms. The molecule has 1 aromatic heterocycles. The summed E-state index contributed by atoms with van der Waals surface area (Å²) in [5.41, 5.74) is 2.45. The van der Waals surface area contributed by atoms with E-state index in [0.717, 1.165) is 10.7 Å². The number of carbonyl (C=O) groups is 4. The van der Waals surface area contributed by atoms with Crippen molar-refractivity contribution >= 4 is 64.0 Å². The highest BCUT2D eigenvalue weighted by atomic mass is 35.5. The van der Waals surface area contributed by atoms with Crippen LogP contribution in [0.3, 0.4) is 0 Å². The predicted molar refractivity (Wildman–Crippen MR) is 213 cm³/mol. The Hall–Kier alpha value is -5.64. The summed E-state index contributed by atoms with van der Waals surface area (Å²) >= 11 is 12.6. The number of hydrogen-bond donors (Lipinski definition) is 2. The van der Waals surface area contributed by atoms with Gasteiger partial charge in [-0.25, -0.2) is 4.98 Å². The standard InChI is InChI=1S/C43H36Cl2F3N5O7/c1-59-34-13-2-22(18-33(34)54)36-28-11-12-29-35(40(57)52(38(29)55)27-9-7-26(8-10-27)51-14-16-60-17-15-51)30(28)20-31-39(56)53(41(58)42(31,36)23-3-5-25(44)6-4-23)50-37-32(45)19-24(21-49-37)43(46,47)48/h2-11,13,18-19,21,29-31,35-36,54H,12,14-17,20H2,1H3,(H,49,50)/t29-,30+,31-,35-,36-,42+/m0/s1. The van der Waals surface area contributed by atoms with Crippen LogP contribution in [0.1, 0.15) is 35.4 Å². The highest BCUT2D eigenvalue weighted by Gasteiger charge is 2.70. The summed E-state index contributed by atoms with van der Waals surface area (Å²) in [6.45, 7) is 2.58. The largest absolute Gasteiger partial charge is 0.504 e. The molecule has 0 bridgehead atoms. The number of imide groups is 2. The van der Waals surface area contributed by atoms with Crippen LogP contribution in [0.4, 0.5) is 30.4 Å². The second-order valence-corrected chi connectivity index (χ2v) is 16.3. The maximum absolute atomic E-state index is 15.4. The number of benzene rings is 3. The molecule has 3 saturated heterocycles. The van der Waals surface area contributed by atoms with E-state index >= 15 is 4.79 Å². The quantitative estimate of drug-likeness (QED) is 0.146. The Labute approximate surface area is 351 Å². The number of nitrogens with one attached hydrogen (secondary N) is 1. The van der Waals surface area contributed by atoms with E-state index in [2.05, 4.69) is 15.3 Å². The van der Waals surface area contributed by atoms with Gasteiger partial charge in [-0.2, -0.15) is 18.2 Å². The number of phenols is 1. The first-order valence-corrected chi connectivity index (χ1v) is 20.0. The topological polar surface area (TPSA) is 142 Å². The minimum Gasteiger partial charge on any atom is -0.504 e. The van der Waals surface area contributed by atoms with E-state index in [1.54, 1.807) is 42.5 Å². The Morgan fingerprint density at radius 2 is 1.60 bits per heavy atom. The lowest BCUT2D eigenvalue weighted by atomic mass is 9.49. The van der Waals surface area contributed by atoms with Crippen molar-refractivity contribution in [3.8, 4) is 11.5 Å². The Balaban J connectivity index is 1.17. The number of pyridine rings is 1. The first-order chi connectivity index (χ1) is 28.7.